The first-order valence-electron chi connectivity index (χ1n) is 8.07. The molecule has 0 spiro atoms. The van der Waals surface area contributed by atoms with Crippen LogP contribution in [0.25, 0.3) is 0 Å². The minimum absolute atomic E-state index is 0.101. The summed E-state index contributed by atoms with van der Waals surface area (Å²) in [5, 5.41) is -0.151. The van der Waals surface area contributed by atoms with Gasteiger partial charge in [-0.2, -0.15) is 13.2 Å². The van der Waals surface area contributed by atoms with Gasteiger partial charge >= 0.3 is 6.18 Å². The third-order valence-corrected chi connectivity index (χ3v) is 4.58. The van der Waals surface area contributed by atoms with Gasteiger partial charge in [-0.25, -0.2) is 13.8 Å². The molecule has 2 aromatic rings. The van der Waals surface area contributed by atoms with Gasteiger partial charge in [0, 0.05) is 23.6 Å². The Morgan fingerprint density at radius 1 is 1.17 bits per heavy atom. The highest BCUT2D eigenvalue weighted by Crippen LogP contribution is 2.42. The first-order valence-corrected chi connectivity index (χ1v) is 8.82. The third-order valence-electron chi connectivity index (χ3n) is 4.08. The van der Waals surface area contributed by atoms with E-state index in [9.17, 15) is 22.0 Å². The maximum absolute atomic E-state index is 13.8. The molecular weight excluding hydrogens is 440 g/mol. The van der Waals surface area contributed by atoms with Gasteiger partial charge in [0.15, 0.2) is 5.82 Å². The monoisotopic (exact) mass is 451 g/mol. The minimum Gasteiger partial charge on any atom is -0.485 e. The molecule has 3 rings (SSSR count). The van der Waals surface area contributed by atoms with Crippen molar-refractivity contribution in [2.45, 2.75) is 19.7 Å². The maximum atomic E-state index is 13.8. The van der Waals surface area contributed by atoms with Crippen molar-refractivity contribution in [3.63, 3.8) is 0 Å². The minimum atomic E-state index is -4.82. The predicted molar refractivity (Wildman–Crippen MR) is 97.2 cm³/mol. The number of hydrogen-bond acceptors (Lipinski definition) is 4. The average Bonchev–Trinajstić information content (AvgIpc) is 2.62. The number of aromatic nitrogens is 2. The van der Waals surface area contributed by atoms with Crippen molar-refractivity contribution < 1.29 is 26.7 Å². The molecule has 4 nitrogen and oxygen atoms in total. The Morgan fingerprint density at radius 3 is 2.52 bits per heavy atom. The molecule has 0 saturated heterocycles. The fourth-order valence-electron chi connectivity index (χ4n) is 2.78. The van der Waals surface area contributed by atoms with E-state index in [4.69, 9.17) is 27.9 Å². The Labute approximate surface area is 172 Å². The van der Waals surface area contributed by atoms with Crippen LogP contribution in [-0.2, 0) is 11.3 Å². The first-order chi connectivity index (χ1) is 13.6. The molecule has 0 aliphatic carbocycles. The van der Waals surface area contributed by atoms with Crippen LogP contribution in [0.4, 0.5) is 27.6 Å². The molecule has 1 aliphatic rings. The van der Waals surface area contributed by atoms with Crippen LogP contribution in [0.2, 0.25) is 5.15 Å². The number of halogens is 7. The van der Waals surface area contributed by atoms with Crippen LogP contribution in [0.15, 0.2) is 52.7 Å². The van der Waals surface area contributed by atoms with E-state index >= 15 is 0 Å². The molecule has 3 heterocycles. The van der Waals surface area contributed by atoms with E-state index in [0.29, 0.717) is 11.8 Å². The van der Waals surface area contributed by atoms with Gasteiger partial charge in [-0.05, 0) is 19.1 Å². The van der Waals surface area contributed by atoms with Gasteiger partial charge in [-0.15, -0.1) is 0 Å². The number of ether oxygens (including phenoxy) is 1. The summed E-state index contributed by atoms with van der Waals surface area (Å²) < 4.78 is 73.3. The van der Waals surface area contributed by atoms with Gasteiger partial charge in [0.1, 0.15) is 34.6 Å². The summed E-state index contributed by atoms with van der Waals surface area (Å²) in [5.41, 5.74) is -1.31. The maximum Gasteiger partial charge on any atom is 0.421 e. The number of pyridine rings is 2. The van der Waals surface area contributed by atoms with Crippen molar-refractivity contribution >= 4 is 28.9 Å². The lowest BCUT2D eigenvalue weighted by molar-refractivity contribution is -0.0956. The Hall–Kier alpha value is -2.39. The first kappa shape index (κ1) is 21.3. The second kappa shape index (κ2) is 8.16. The Kier molecular flexibility index (Phi) is 6.00. The van der Waals surface area contributed by atoms with Crippen molar-refractivity contribution in [3.05, 3.63) is 75.1 Å². The lowest BCUT2D eigenvalue weighted by atomic mass is 10.1. The van der Waals surface area contributed by atoms with Crippen LogP contribution in [0.5, 0.6) is 0 Å². The molecule has 0 aromatic carbocycles. The van der Waals surface area contributed by atoms with Gasteiger partial charge in [0.25, 0.3) is 0 Å². The third kappa shape index (κ3) is 4.62. The molecule has 0 atom stereocenters. The molecule has 1 aliphatic heterocycles. The van der Waals surface area contributed by atoms with Crippen LogP contribution >= 0.6 is 23.2 Å². The summed E-state index contributed by atoms with van der Waals surface area (Å²) in [6.45, 7) is 0.453. The molecular formula is C18H12Cl2F5N3O. The van der Waals surface area contributed by atoms with E-state index in [2.05, 4.69) is 9.97 Å². The largest absolute Gasteiger partial charge is 0.485 e. The summed E-state index contributed by atoms with van der Waals surface area (Å²) in [5.74, 6) is -2.60. The average molecular weight is 452 g/mol. The van der Waals surface area contributed by atoms with Gasteiger partial charge in [0.2, 0.25) is 0 Å². The Balaban J connectivity index is 1.97. The van der Waals surface area contributed by atoms with E-state index in [0.717, 1.165) is 6.20 Å². The van der Waals surface area contributed by atoms with Crippen LogP contribution in [-0.4, -0.2) is 22.7 Å². The van der Waals surface area contributed by atoms with Gasteiger partial charge in [-0.1, -0.05) is 23.2 Å². The number of allylic oxidation sites excluding steroid dienone is 2. The molecule has 11 heteroatoms. The summed E-state index contributed by atoms with van der Waals surface area (Å²) in [4.78, 5) is 8.60. The van der Waals surface area contributed by atoms with E-state index in [1.165, 1.54) is 30.2 Å². The number of nitrogens with zero attached hydrogens (tertiary/aromatic N) is 3. The predicted octanol–water partition coefficient (Wildman–Crippen LogP) is 5.73. The fraction of sp³-hybridized carbons (Fsp3) is 0.222. The number of hydrogen-bond donors (Lipinski definition) is 0. The van der Waals surface area contributed by atoms with E-state index in [-0.39, 0.29) is 28.1 Å². The SMILES string of the molecule is CC1=C(C(F)(F)F)C(OCc2ncc(F)cc2F)=C(Cl)CN1c1ccnc(Cl)c1. The Morgan fingerprint density at radius 2 is 1.90 bits per heavy atom. The van der Waals surface area contributed by atoms with Gasteiger partial charge in [0.05, 0.1) is 17.8 Å². The van der Waals surface area contributed by atoms with Crippen LogP contribution in [0.1, 0.15) is 12.6 Å². The summed E-state index contributed by atoms with van der Waals surface area (Å²) >= 11 is 12.0. The quantitative estimate of drug-likeness (QED) is 0.439. The van der Waals surface area contributed by atoms with Gasteiger partial charge in [-0.3, -0.25) is 4.98 Å². The van der Waals surface area contributed by atoms with Crippen molar-refractivity contribution in [3.8, 4) is 0 Å². The van der Waals surface area contributed by atoms with Crippen LogP contribution in [0, 0.1) is 11.6 Å². The number of anilines is 1. The summed E-state index contributed by atoms with van der Waals surface area (Å²) in [7, 11) is 0. The van der Waals surface area contributed by atoms with E-state index < -0.39 is 35.7 Å². The van der Waals surface area contributed by atoms with E-state index in [1.54, 1.807) is 0 Å². The molecule has 0 unspecified atom stereocenters. The highest BCUT2D eigenvalue weighted by Gasteiger charge is 2.44. The lowest BCUT2D eigenvalue weighted by Gasteiger charge is -2.33. The molecule has 0 amide bonds. The molecule has 0 bridgehead atoms. The zero-order valence-corrected chi connectivity index (χ0v) is 16.2. The molecule has 29 heavy (non-hydrogen) atoms. The molecule has 0 fully saturated rings. The number of rotatable bonds is 4. The number of alkyl halides is 3. The fourth-order valence-corrected chi connectivity index (χ4v) is 3.22. The standard InChI is InChI=1S/C18H12Cl2F5N3O/c1-9-16(18(23,24)25)17(29-8-14-13(22)4-10(21)6-27-14)12(19)7-28(9)11-2-3-26-15(20)5-11/h2-6H,7-8H2,1H3. The highest BCUT2D eigenvalue weighted by molar-refractivity contribution is 6.31. The van der Waals surface area contributed by atoms with Gasteiger partial charge < -0.3 is 9.64 Å². The second-order valence-electron chi connectivity index (χ2n) is 5.99. The molecule has 0 N–H and O–H groups in total. The highest BCUT2D eigenvalue weighted by atomic mass is 35.5. The van der Waals surface area contributed by atoms with Crippen molar-refractivity contribution in [2.75, 3.05) is 11.4 Å². The summed E-state index contributed by atoms with van der Waals surface area (Å²) in [6.07, 6.45) is -2.73. The molecule has 154 valence electrons. The lowest BCUT2D eigenvalue weighted by Crippen LogP contribution is -2.33. The Bertz CT molecular complexity index is 1010. The molecule has 2 aromatic heterocycles. The van der Waals surface area contributed by atoms with Crippen LogP contribution < -0.4 is 4.90 Å². The normalized spacial score (nSPS) is 15.2. The zero-order chi connectivity index (χ0) is 21.3. The van der Waals surface area contributed by atoms with Crippen molar-refractivity contribution in [2.24, 2.45) is 0 Å². The molecule has 0 radical (unpaired) electrons. The topological polar surface area (TPSA) is 38.2 Å². The van der Waals surface area contributed by atoms with Crippen LogP contribution in [0.3, 0.4) is 0 Å². The van der Waals surface area contributed by atoms with Crippen molar-refractivity contribution in [1.29, 1.82) is 0 Å². The zero-order valence-electron chi connectivity index (χ0n) is 14.7. The van der Waals surface area contributed by atoms with Crippen molar-refractivity contribution in [1.82, 2.24) is 9.97 Å². The van der Waals surface area contributed by atoms with E-state index in [1.807, 2.05) is 0 Å². The smallest absolute Gasteiger partial charge is 0.421 e. The second-order valence-corrected chi connectivity index (χ2v) is 6.83. The molecule has 0 saturated carbocycles. The summed E-state index contributed by atoms with van der Waals surface area (Å²) in [6, 6.07) is 3.44.